The minimum Gasteiger partial charge on any atom is -0.0919 e. The first-order valence-corrected chi connectivity index (χ1v) is 1.49. The zero-order valence-corrected chi connectivity index (χ0v) is 4.15. The Kier molecular flexibility index (Phi) is 15.9. The van der Waals surface area contributed by atoms with Crippen LogP contribution in [-0.2, 0) is 0 Å². The van der Waals surface area contributed by atoms with Crippen molar-refractivity contribution in [1.29, 1.82) is 0 Å². The summed E-state index contributed by atoms with van der Waals surface area (Å²) < 4.78 is 0. The second-order valence-electron chi connectivity index (χ2n) is 0.667. The summed E-state index contributed by atoms with van der Waals surface area (Å²) in [6, 6.07) is 0. The van der Waals surface area contributed by atoms with E-state index in [1.807, 2.05) is 26.0 Å². The van der Waals surface area contributed by atoms with Crippen LogP contribution < -0.4 is 0 Å². The molecule has 0 saturated carbocycles. The standard InChI is InChI=1S/C4H8.Li/c1-3-4-2;/h3-4H,1-2H3;. The van der Waals surface area contributed by atoms with Crippen molar-refractivity contribution in [3.63, 3.8) is 0 Å². The molecule has 1 heteroatoms. The summed E-state index contributed by atoms with van der Waals surface area (Å²) >= 11 is 0. The summed E-state index contributed by atoms with van der Waals surface area (Å²) in [5, 5.41) is 0. The summed E-state index contributed by atoms with van der Waals surface area (Å²) in [7, 11) is 0. The molecule has 0 aromatic carbocycles. The van der Waals surface area contributed by atoms with Gasteiger partial charge in [-0.05, 0) is 13.8 Å². The zero-order chi connectivity index (χ0) is 3.41. The smallest absolute Gasteiger partial charge is 0 e. The maximum Gasteiger partial charge on any atom is 0 e. The number of hydrogen-bond donors (Lipinski definition) is 0. The first-order valence-electron chi connectivity index (χ1n) is 1.49. The van der Waals surface area contributed by atoms with Gasteiger partial charge < -0.3 is 0 Å². The van der Waals surface area contributed by atoms with Crippen molar-refractivity contribution in [2.24, 2.45) is 0 Å². The Bertz CT molecular complexity index is 18.8. The summed E-state index contributed by atoms with van der Waals surface area (Å²) in [6.07, 6.45) is 4.00. The predicted octanol–water partition coefficient (Wildman–Crippen LogP) is 1.20. The molecule has 0 aromatic heterocycles. The molecule has 0 nitrogen and oxygen atoms in total. The Hall–Kier alpha value is 0.337. The van der Waals surface area contributed by atoms with Gasteiger partial charge in [-0.1, -0.05) is 12.2 Å². The van der Waals surface area contributed by atoms with Gasteiger partial charge in [0.05, 0.1) is 0 Å². The molecule has 0 fully saturated rings. The van der Waals surface area contributed by atoms with Crippen LogP contribution in [0.15, 0.2) is 12.2 Å². The van der Waals surface area contributed by atoms with E-state index in [-0.39, 0.29) is 18.9 Å². The van der Waals surface area contributed by atoms with Gasteiger partial charge in [-0.2, -0.15) is 0 Å². The summed E-state index contributed by atoms with van der Waals surface area (Å²) in [6.45, 7) is 4.00. The second kappa shape index (κ2) is 8.84. The second-order valence-corrected chi connectivity index (χ2v) is 0.667. The van der Waals surface area contributed by atoms with Gasteiger partial charge in [-0.3, -0.25) is 0 Å². The van der Waals surface area contributed by atoms with Crippen molar-refractivity contribution in [1.82, 2.24) is 0 Å². The van der Waals surface area contributed by atoms with Crippen LogP contribution in [-0.4, -0.2) is 18.9 Å². The molecule has 0 bridgehead atoms. The van der Waals surface area contributed by atoms with Crippen LogP contribution >= 0.6 is 0 Å². The summed E-state index contributed by atoms with van der Waals surface area (Å²) in [5.41, 5.74) is 0. The van der Waals surface area contributed by atoms with Gasteiger partial charge in [0.1, 0.15) is 0 Å². The van der Waals surface area contributed by atoms with Gasteiger partial charge in [-0.25, -0.2) is 0 Å². The molecule has 0 rings (SSSR count). The largest absolute Gasteiger partial charge is 0.0919 e. The molecule has 0 N–H and O–H groups in total. The molecule has 0 saturated heterocycles. The van der Waals surface area contributed by atoms with Crippen molar-refractivity contribution in [2.75, 3.05) is 0 Å². The number of rotatable bonds is 0. The van der Waals surface area contributed by atoms with Crippen molar-refractivity contribution < 1.29 is 0 Å². The minimum absolute atomic E-state index is 0. The van der Waals surface area contributed by atoms with E-state index in [0.29, 0.717) is 0 Å². The Morgan fingerprint density at radius 3 is 1.20 bits per heavy atom. The van der Waals surface area contributed by atoms with E-state index in [2.05, 4.69) is 0 Å². The monoisotopic (exact) mass is 63.1 g/mol. The first-order chi connectivity index (χ1) is 1.91. The SMILES string of the molecule is CC=CC.[Li]. The van der Waals surface area contributed by atoms with E-state index < -0.39 is 0 Å². The molecule has 5 heavy (non-hydrogen) atoms. The van der Waals surface area contributed by atoms with E-state index in [1.165, 1.54) is 0 Å². The number of hydrogen-bond acceptors (Lipinski definition) is 0. The first kappa shape index (κ1) is 9.02. The number of allylic oxidation sites excluding steroid dienone is 2. The molecule has 0 aromatic rings. The molecular weight excluding hydrogens is 55.0 g/mol. The Balaban J connectivity index is 0. The average Bonchev–Trinajstić information content (AvgIpc) is 1.37. The van der Waals surface area contributed by atoms with Gasteiger partial charge in [0.25, 0.3) is 0 Å². The predicted molar refractivity (Wildman–Crippen MR) is 26.2 cm³/mol. The van der Waals surface area contributed by atoms with Crippen LogP contribution in [0, 0.1) is 0 Å². The average molecular weight is 63.0 g/mol. The fraction of sp³-hybridized carbons (Fsp3) is 0.500. The van der Waals surface area contributed by atoms with Crippen molar-refractivity contribution >= 4 is 18.9 Å². The molecule has 1 radical (unpaired) electrons. The topological polar surface area (TPSA) is 0 Å². The third-order valence-corrected chi connectivity index (χ3v) is 0.333. The molecule has 0 aliphatic rings. The van der Waals surface area contributed by atoms with E-state index in [4.69, 9.17) is 0 Å². The van der Waals surface area contributed by atoms with Gasteiger partial charge in [0.15, 0.2) is 0 Å². The third kappa shape index (κ3) is 13.2. The quantitative estimate of drug-likeness (QED) is 0.293. The molecule has 0 aliphatic carbocycles. The van der Waals surface area contributed by atoms with E-state index >= 15 is 0 Å². The molecule has 0 heterocycles. The fourth-order valence-electron chi connectivity index (χ4n) is 0. The summed E-state index contributed by atoms with van der Waals surface area (Å²) in [4.78, 5) is 0. The van der Waals surface area contributed by atoms with Gasteiger partial charge in [-0.15, -0.1) is 0 Å². The van der Waals surface area contributed by atoms with Gasteiger partial charge in [0, 0.05) is 18.9 Å². The van der Waals surface area contributed by atoms with E-state index in [9.17, 15) is 0 Å². The van der Waals surface area contributed by atoms with Crippen molar-refractivity contribution in [2.45, 2.75) is 13.8 Å². The Morgan fingerprint density at radius 2 is 1.20 bits per heavy atom. The van der Waals surface area contributed by atoms with Crippen molar-refractivity contribution in [3.8, 4) is 0 Å². The maximum atomic E-state index is 2.00. The Labute approximate surface area is 45.4 Å². The van der Waals surface area contributed by atoms with Crippen LogP contribution in [0.1, 0.15) is 13.8 Å². The zero-order valence-electron chi connectivity index (χ0n) is 4.15. The molecule has 0 aliphatic heterocycles. The van der Waals surface area contributed by atoms with Crippen LogP contribution in [0.5, 0.6) is 0 Å². The van der Waals surface area contributed by atoms with E-state index in [1.54, 1.807) is 0 Å². The van der Waals surface area contributed by atoms with Gasteiger partial charge >= 0.3 is 0 Å². The normalized spacial score (nSPS) is 7.60. The molecule has 0 atom stereocenters. The third-order valence-electron chi connectivity index (χ3n) is 0.333. The molecule has 0 unspecified atom stereocenters. The minimum atomic E-state index is 0. The van der Waals surface area contributed by atoms with E-state index in [0.717, 1.165) is 0 Å². The molecular formula is C4H8Li. The maximum absolute atomic E-state index is 2.00. The molecule has 0 spiro atoms. The Morgan fingerprint density at radius 1 is 1.00 bits per heavy atom. The molecule has 25 valence electrons. The van der Waals surface area contributed by atoms with Crippen LogP contribution in [0.4, 0.5) is 0 Å². The molecule has 0 amide bonds. The van der Waals surface area contributed by atoms with Crippen LogP contribution in [0.25, 0.3) is 0 Å². The fourth-order valence-corrected chi connectivity index (χ4v) is 0. The van der Waals surface area contributed by atoms with Crippen LogP contribution in [0.3, 0.4) is 0 Å². The van der Waals surface area contributed by atoms with Crippen LogP contribution in [0.2, 0.25) is 0 Å². The summed E-state index contributed by atoms with van der Waals surface area (Å²) in [5.74, 6) is 0. The van der Waals surface area contributed by atoms with Crippen molar-refractivity contribution in [3.05, 3.63) is 12.2 Å². The van der Waals surface area contributed by atoms with Gasteiger partial charge in [0.2, 0.25) is 0 Å².